The van der Waals surface area contributed by atoms with Gasteiger partial charge in [0.25, 0.3) is 0 Å². The number of hydrogen-bond donors (Lipinski definition) is 0. The second kappa shape index (κ2) is 7.72. The standard InChI is InChI=1S/C17H14BrNO4S/c1-11-7-12(18)4-5-16(11)24-10-17(20)22-9-13-8-15(23-19-13)14-3-2-6-21-14/h2-8H,9-10H2,1H3. The van der Waals surface area contributed by atoms with Gasteiger partial charge in [0.1, 0.15) is 12.3 Å². The quantitative estimate of drug-likeness (QED) is 0.430. The van der Waals surface area contributed by atoms with Crippen LogP contribution in [0.5, 0.6) is 0 Å². The molecule has 0 aliphatic rings. The van der Waals surface area contributed by atoms with Gasteiger partial charge in [0.2, 0.25) is 5.76 Å². The Labute approximate surface area is 151 Å². The van der Waals surface area contributed by atoms with E-state index in [2.05, 4.69) is 21.1 Å². The van der Waals surface area contributed by atoms with Crippen LogP contribution in [0.4, 0.5) is 0 Å². The van der Waals surface area contributed by atoms with Gasteiger partial charge >= 0.3 is 5.97 Å². The van der Waals surface area contributed by atoms with Crippen molar-refractivity contribution < 1.29 is 18.5 Å². The Hall–Kier alpha value is -1.99. The summed E-state index contributed by atoms with van der Waals surface area (Å²) in [6.07, 6.45) is 1.55. The van der Waals surface area contributed by atoms with Gasteiger partial charge in [-0.1, -0.05) is 21.1 Å². The zero-order chi connectivity index (χ0) is 16.9. The molecule has 3 aromatic rings. The fourth-order valence-electron chi connectivity index (χ4n) is 2.02. The minimum absolute atomic E-state index is 0.0723. The molecular weight excluding hydrogens is 394 g/mol. The predicted molar refractivity (Wildman–Crippen MR) is 93.6 cm³/mol. The molecule has 5 nitrogen and oxygen atoms in total. The van der Waals surface area contributed by atoms with Crippen molar-refractivity contribution in [2.75, 3.05) is 5.75 Å². The summed E-state index contributed by atoms with van der Waals surface area (Å²) >= 11 is 4.87. The topological polar surface area (TPSA) is 65.5 Å². The van der Waals surface area contributed by atoms with Gasteiger partial charge in [0, 0.05) is 15.4 Å². The zero-order valence-corrected chi connectivity index (χ0v) is 15.2. The largest absolute Gasteiger partial charge is 0.461 e. The summed E-state index contributed by atoms with van der Waals surface area (Å²) in [6, 6.07) is 11.2. The Bertz CT molecular complexity index is 829. The van der Waals surface area contributed by atoms with Crippen LogP contribution < -0.4 is 0 Å². The number of furan rings is 1. The van der Waals surface area contributed by atoms with Gasteiger partial charge < -0.3 is 13.7 Å². The third-order valence-corrected chi connectivity index (χ3v) is 4.83. The molecule has 0 saturated carbocycles. The van der Waals surface area contributed by atoms with E-state index in [0.717, 1.165) is 14.9 Å². The van der Waals surface area contributed by atoms with E-state index in [-0.39, 0.29) is 18.3 Å². The molecular formula is C17H14BrNO4S. The number of ether oxygens (including phenoxy) is 1. The van der Waals surface area contributed by atoms with Gasteiger partial charge in [-0.3, -0.25) is 4.79 Å². The molecule has 2 heterocycles. The van der Waals surface area contributed by atoms with Gasteiger partial charge in [-0.15, -0.1) is 11.8 Å². The second-order valence-corrected chi connectivity index (χ2v) is 6.95. The molecule has 0 amide bonds. The van der Waals surface area contributed by atoms with Crippen molar-refractivity contribution >= 4 is 33.7 Å². The highest BCUT2D eigenvalue weighted by molar-refractivity contribution is 9.10. The summed E-state index contributed by atoms with van der Waals surface area (Å²) in [5.41, 5.74) is 1.65. The number of nitrogens with zero attached hydrogens (tertiary/aromatic N) is 1. The van der Waals surface area contributed by atoms with Gasteiger partial charge in [-0.2, -0.15) is 0 Å². The lowest BCUT2D eigenvalue weighted by molar-refractivity contribution is -0.141. The van der Waals surface area contributed by atoms with Crippen LogP contribution in [0.2, 0.25) is 0 Å². The van der Waals surface area contributed by atoms with E-state index < -0.39 is 0 Å². The van der Waals surface area contributed by atoms with Crippen LogP contribution in [-0.2, 0) is 16.1 Å². The minimum Gasteiger partial charge on any atom is -0.461 e. The van der Waals surface area contributed by atoms with E-state index in [9.17, 15) is 4.79 Å². The second-order valence-electron chi connectivity index (χ2n) is 5.02. The molecule has 124 valence electrons. The van der Waals surface area contributed by atoms with E-state index in [1.807, 2.05) is 25.1 Å². The van der Waals surface area contributed by atoms with Crippen molar-refractivity contribution in [2.45, 2.75) is 18.4 Å². The molecule has 0 aliphatic carbocycles. The Kier molecular flexibility index (Phi) is 5.42. The molecule has 0 bridgehead atoms. The van der Waals surface area contributed by atoms with Crippen LogP contribution in [-0.4, -0.2) is 16.9 Å². The molecule has 0 aliphatic heterocycles. The van der Waals surface area contributed by atoms with Crippen LogP contribution in [0.15, 0.2) is 61.0 Å². The van der Waals surface area contributed by atoms with Crippen molar-refractivity contribution in [1.29, 1.82) is 0 Å². The van der Waals surface area contributed by atoms with E-state index in [1.54, 1.807) is 24.5 Å². The van der Waals surface area contributed by atoms with E-state index in [1.165, 1.54) is 11.8 Å². The summed E-state index contributed by atoms with van der Waals surface area (Å²) < 4.78 is 16.6. The molecule has 24 heavy (non-hydrogen) atoms. The van der Waals surface area contributed by atoms with Crippen LogP contribution in [0, 0.1) is 6.92 Å². The predicted octanol–water partition coefficient (Wildman–Crippen LogP) is 4.84. The SMILES string of the molecule is Cc1cc(Br)ccc1SCC(=O)OCc1cc(-c2ccco2)on1. The van der Waals surface area contributed by atoms with Crippen LogP contribution in [0.1, 0.15) is 11.3 Å². The first-order valence-corrected chi connectivity index (χ1v) is 8.94. The first-order valence-electron chi connectivity index (χ1n) is 7.16. The van der Waals surface area contributed by atoms with Gasteiger partial charge in [-0.05, 0) is 42.8 Å². The fraction of sp³-hybridized carbons (Fsp3) is 0.176. The highest BCUT2D eigenvalue weighted by Gasteiger charge is 2.12. The number of halogens is 1. The molecule has 2 aromatic heterocycles. The molecule has 0 atom stereocenters. The normalized spacial score (nSPS) is 10.8. The van der Waals surface area contributed by atoms with Crippen LogP contribution >= 0.6 is 27.7 Å². The number of carbonyl (C=O) groups excluding carboxylic acids is 1. The Morgan fingerprint density at radius 3 is 2.92 bits per heavy atom. The summed E-state index contributed by atoms with van der Waals surface area (Å²) in [5, 5.41) is 3.86. The third kappa shape index (κ3) is 4.30. The molecule has 0 saturated heterocycles. The average Bonchev–Trinajstić information content (AvgIpc) is 3.23. The monoisotopic (exact) mass is 407 g/mol. The van der Waals surface area contributed by atoms with Crippen LogP contribution in [0.3, 0.4) is 0 Å². The summed E-state index contributed by atoms with van der Waals surface area (Å²) in [6.45, 7) is 2.08. The minimum atomic E-state index is -0.301. The van der Waals surface area contributed by atoms with E-state index >= 15 is 0 Å². The van der Waals surface area contributed by atoms with Gasteiger partial charge in [0.15, 0.2) is 5.76 Å². The zero-order valence-electron chi connectivity index (χ0n) is 12.8. The first-order chi connectivity index (χ1) is 11.6. The molecule has 0 unspecified atom stereocenters. The fourth-order valence-corrected chi connectivity index (χ4v) is 3.31. The molecule has 3 rings (SSSR count). The molecule has 0 spiro atoms. The van der Waals surface area contributed by atoms with Gasteiger partial charge in [0.05, 0.1) is 12.0 Å². The van der Waals surface area contributed by atoms with Gasteiger partial charge in [-0.25, -0.2) is 0 Å². The summed E-state index contributed by atoms with van der Waals surface area (Å²) in [4.78, 5) is 12.9. The van der Waals surface area contributed by atoms with E-state index in [0.29, 0.717) is 17.2 Å². The lowest BCUT2D eigenvalue weighted by Crippen LogP contribution is -2.07. The Balaban J connectivity index is 1.49. The molecule has 1 aromatic carbocycles. The lowest BCUT2D eigenvalue weighted by atomic mass is 10.2. The average molecular weight is 408 g/mol. The number of esters is 1. The maximum atomic E-state index is 11.9. The molecule has 7 heteroatoms. The maximum Gasteiger partial charge on any atom is 0.316 e. The number of aryl methyl sites for hydroxylation is 1. The summed E-state index contributed by atoms with van der Waals surface area (Å²) in [5.74, 6) is 1.03. The number of thioether (sulfide) groups is 1. The lowest BCUT2D eigenvalue weighted by Gasteiger charge is -2.06. The number of benzene rings is 1. The first kappa shape index (κ1) is 16.9. The van der Waals surface area contributed by atoms with Crippen molar-refractivity contribution in [3.8, 4) is 11.5 Å². The number of carbonyl (C=O) groups is 1. The Morgan fingerprint density at radius 1 is 1.29 bits per heavy atom. The van der Waals surface area contributed by atoms with Crippen molar-refractivity contribution in [1.82, 2.24) is 5.16 Å². The highest BCUT2D eigenvalue weighted by atomic mass is 79.9. The summed E-state index contributed by atoms with van der Waals surface area (Å²) in [7, 11) is 0. The smallest absolute Gasteiger partial charge is 0.316 e. The number of hydrogen-bond acceptors (Lipinski definition) is 6. The molecule has 0 N–H and O–H groups in total. The van der Waals surface area contributed by atoms with Crippen molar-refractivity contribution in [3.63, 3.8) is 0 Å². The molecule has 0 fully saturated rings. The number of rotatable bonds is 6. The molecule has 0 radical (unpaired) electrons. The Morgan fingerprint density at radius 2 is 2.17 bits per heavy atom. The third-order valence-electron chi connectivity index (χ3n) is 3.19. The highest BCUT2D eigenvalue weighted by Crippen LogP contribution is 2.25. The van der Waals surface area contributed by atoms with Crippen molar-refractivity contribution in [2.24, 2.45) is 0 Å². The number of aromatic nitrogens is 1. The van der Waals surface area contributed by atoms with E-state index in [4.69, 9.17) is 13.7 Å². The van der Waals surface area contributed by atoms with Crippen molar-refractivity contribution in [3.05, 3.63) is 58.4 Å². The maximum absolute atomic E-state index is 11.9. The van der Waals surface area contributed by atoms with Crippen LogP contribution in [0.25, 0.3) is 11.5 Å².